The summed E-state index contributed by atoms with van der Waals surface area (Å²) < 4.78 is 13.0. The molecule has 5 heavy (non-hydrogen) atoms. The highest BCUT2D eigenvalue weighted by molar-refractivity contribution is 14.1. The van der Waals surface area contributed by atoms with E-state index in [1.165, 1.54) is 4.43 Å². The normalized spacial score (nSPS) is 7.60. The first-order valence-corrected chi connectivity index (χ1v) is 2.50. The van der Waals surface area contributed by atoms with Gasteiger partial charge in [-0.05, 0) is 4.43 Å². The minimum Gasteiger partial charge on any atom is -0.107 e. The molecule has 0 aliphatic heterocycles. The van der Waals surface area contributed by atoms with Gasteiger partial charge in [-0.25, -0.2) is 0 Å². The smallest absolute Gasteiger partial charge is 0.0194 e. The van der Waals surface area contributed by atoms with Crippen molar-refractivity contribution in [3.63, 3.8) is 0 Å². The predicted molar refractivity (Wildman–Crippen MR) is 50.9 cm³/mol. The Balaban J connectivity index is -0.00000000889. The molecular formula is C3H14I2. The first kappa shape index (κ1) is 6.46. The van der Waals surface area contributed by atoms with Crippen molar-refractivity contribution in [2.24, 2.45) is 0 Å². The summed E-state index contributed by atoms with van der Waals surface area (Å²) in [4.78, 5) is 0. The molecule has 40 valence electrons. The molecule has 0 rings (SSSR count). The van der Waals surface area contributed by atoms with Crippen LogP contribution in [-0.4, -0.2) is 4.43 Å². The molecule has 0 aromatic heterocycles. The quantitative estimate of drug-likeness (QED) is 0.476. The number of hydrogen-bond donors (Lipinski definition) is 0. The van der Waals surface area contributed by atoms with Crippen LogP contribution in [0.3, 0.4) is 0 Å². The largest absolute Gasteiger partial charge is 0.107 e. The van der Waals surface area contributed by atoms with Gasteiger partial charge >= 0.3 is 0 Å². The van der Waals surface area contributed by atoms with Crippen LogP contribution in [-0.2, 0) is 0 Å². The Labute approximate surface area is 70.7 Å². The van der Waals surface area contributed by atoms with Gasteiger partial charge in [-0.1, -0.05) is 36.9 Å². The minimum atomic E-state index is -0.250. The molecule has 0 unspecified atom stereocenters. The average Bonchev–Trinajstić information content (AvgIpc) is 1.39. The van der Waals surface area contributed by atoms with Crippen molar-refractivity contribution in [2.75, 3.05) is 4.43 Å². The molecule has 2 heteroatoms. The van der Waals surface area contributed by atoms with E-state index in [4.69, 9.17) is 2.74 Å². The van der Waals surface area contributed by atoms with Crippen molar-refractivity contribution in [2.45, 2.75) is 14.3 Å². The highest BCUT2D eigenvalue weighted by Crippen LogP contribution is 1.69. The van der Waals surface area contributed by atoms with Crippen molar-refractivity contribution in [3.05, 3.63) is 0 Å². The van der Waals surface area contributed by atoms with Crippen LogP contribution in [0.2, 0.25) is 0 Å². The molecule has 0 spiro atoms. The van der Waals surface area contributed by atoms with Crippen LogP contribution in [0.5, 0.6) is 0 Å². The Kier molecular flexibility index (Phi) is 23.2. The summed E-state index contributed by atoms with van der Waals surface area (Å²) in [7, 11) is -0.250. The Morgan fingerprint density at radius 3 is 2.80 bits per heavy atom. The lowest BCUT2D eigenvalue weighted by molar-refractivity contribution is 1.58. The maximum absolute atomic E-state index is 5.88. The first-order valence-electron chi connectivity index (χ1n) is 2.39. The van der Waals surface area contributed by atoms with Gasteiger partial charge in [-0.2, -0.15) is 0 Å². The Hall–Kier alpha value is 1.46. The van der Waals surface area contributed by atoms with Gasteiger partial charge in [0.2, 0.25) is 0 Å². The van der Waals surface area contributed by atoms with Crippen molar-refractivity contribution >= 4 is 46.6 Å². The fourth-order valence-electron chi connectivity index (χ4n) is 0. The zero-order valence-electron chi connectivity index (χ0n) is 5.20. The third-order valence-electron chi connectivity index (χ3n) is 0. The lowest BCUT2D eigenvalue weighted by atomic mass is 11.0. The molecule has 0 saturated carbocycles. The van der Waals surface area contributed by atoms with Crippen LogP contribution in [0, 0.1) is 0 Å². The summed E-state index contributed by atoms with van der Waals surface area (Å²) in [5, 5.41) is 0. The lowest BCUT2D eigenvalue weighted by Gasteiger charge is -1.45. The fourth-order valence-corrected chi connectivity index (χ4v) is 0. The standard InChI is InChI=1S/C2H5I.CH4.HI.2H2/c1-2-3;;;;/h2H2,1H3;1H4;3*1H/i;1TD;;2*1+1. The first-order chi connectivity index (χ1) is 2.83. The Morgan fingerprint density at radius 2 is 2.80 bits per heavy atom. The van der Waals surface area contributed by atoms with Crippen LogP contribution >= 0.6 is 46.6 Å². The van der Waals surface area contributed by atoms with Crippen LogP contribution in [0.15, 0.2) is 0 Å². The molecule has 0 heterocycles. The van der Waals surface area contributed by atoms with Crippen molar-refractivity contribution in [1.82, 2.24) is 0 Å². The molecule has 0 aromatic rings. The van der Waals surface area contributed by atoms with E-state index in [0.29, 0.717) is 0 Å². The van der Waals surface area contributed by atoms with E-state index >= 15 is 0 Å². The molecule has 0 aliphatic rings. The highest BCUT2D eigenvalue weighted by atomic mass is 127. The molecule has 0 fully saturated rings. The van der Waals surface area contributed by atoms with E-state index < -0.39 is 0 Å². The van der Waals surface area contributed by atoms with E-state index in [-0.39, 0.29) is 34.2 Å². The van der Waals surface area contributed by atoms with Gasteiger partial charge in [0.1, 0.15) is 0 Å². The minimum absolute atomic E-state index is 0. The van der Waals surface area contributed by atoms with Crippen LogP contribution < -0.4 is 0 Å². The average molecular weight is 309 g/mol. The molecule has 0 aromatic carbocycles. The van der Waals surface area contributed by atoms with E-state index in [9.17, 15) is 0 Å². The van der Waals surface area contributed by atoms with Gasteiger partial charge in [0.05, 0.1) is 0 Å². The molecule has 0 saturated heterocycles. The van der Waals surface area contributed by atoms with Crippen molar-refractivity contribution < 1.29 is 5.59 Å². The van der Waals surface area contributed by atoms with E-state index in [1.807, 2.05) is 0 Å². The van der Waals surface area contributed by atoms with Gasteiger partial charge in [-0.15, -0.1) is 24.0 Å². The maximum Gasteiger partial charge on any atom is 0.0194 e. The third kappa shape index (κ3) is 30.7. The van der Waals surface area contributed by atoms with Gasteiger partial charge in [0.25, 0.3) is 0 Å². The molecule has 0 aliphatic carbocycles. The molecule has 0 N–H and O–H groups in total. The molecular weight excluding hydrogens is 290 g/mol. The fraction of sp³-hybridized carbons (Fsp3) is 1.00. The number of rotatable bonds is 0. The molecule has 0 amide bonds. The van der Waals surface area contributed by atoms with Gasteiger partial charge in [-0.3, -0.25) is 0 Å². The number of hydrogen-bond acceptors (Lipinski definition) is 0. The molecule has 0 bridgehead atoms. The third-order valence-corrected chi connectivity index (χ3v) is 0. The summed E-state index contributed by atoms with van der Waals surface area (Å²) >= 11 is 2.29. The lowest BCUT2D eigenvalue weighted by Crippen LogP contribution is -1.33. The van der Waals surface area contributed by atoms with Gasteiger partial charge < -0.3 is 0 Å². The summed E-state index contributed by atoms with van der Waals surface area (Å²) in [5.74, 6) is 0. The van der Waals surface area contributed by atoms with Crippen molar-refractivity contribution in [1.29, 1.82) is 0 Å². The Bertz CT molecular complexity index is 15.8. The zero-order chi connectivity index (χ0) is 5.41. The van der Waals surface area contributed by atoms with Gasteiger partial charge in [0.15, 0.2) is 0 Å². The van der Waals surface area contributed by atoms with E-state index in [0.717, 1.165) is 0 Å². The van der Waals surface area contributed by atoms with E-state index in [2.05, 4.69) is 29.5 Å². The van der Waals surface area contributed by atoms with Crippen molar-refractivity contribution in [3.8, 4) is 0 Å². The van der Waals surface area contributed by atoms with Gasteiger partial charge in [0, 0.05) is 5.59 Å². The van der Waals surface area contributed by atoms with Crippen LogP contribution in [0.25, 0.3) is 0 Å². The second kappa shape index (κ2) is 17.9. The predicted octanol–water partition coefficient (Wildman–Crippen LogP) is 3.19. The topological polar surface area (TPSA) is 0 Å². The molecule has 0 atom stereocenters. The van der Waals surface area contributed by atoms with Crippen LogP contribution in [0.1, 0.15) is 19.9 Å². The number of alkyl halides is 1. The molecule has 0 nitrogen and oxygen atoms in total. The van der Waals surface area contributed by atoms with Crippen LogP contribution in [0.4, 0.5) is 0 Å². The molecule has 0 radical (unpaired) electrons. The highest BCUT2D eigenvalue weighted by Gasteiger charge is 1.38. The second-order valence-corrected chi connectivity index (χ2v) is 1.79. The summed E-state index contributed by atoms with van der Waals surface area (Å²) in [6.07, 6.45) is 0. The summed E-state index contributed by atoms with van der Waals surface area (Å²) in [5.41, 5.74) is 0. The SMILES string of the molecule is CCI.I.[2HH].[2HH].[2H]C[3H]. The number of halogens is 2. The monoisotopic (exact) mass is 309 g/mol. The Morgan fingerprint density at radius 1 is 2.80 bits per heavy atom. The summed E-state index contributed by atoms with van der Waals surface area (Å²) in [6, 6.07) is 0. The van der Waals surface area contributed by atoms with E-state index in [1.54, 1.807) is 0 Å². The zero-order valence-corrected chi connectivity index (χ0v) is 7.69. The maximum atomic E-state index is 5.88. The summed E-state index contributed by atoms with van der Waals surface area (Å²) in [6.45, 7) is 2.11. The second-order valence-electron chi connectivity index (χ2n) is 0.267.